The summed E-state index contributed by atoms with van der Waals surface area (Å²) in [6, 6.07) is 3.85. The number of likely N-dealkylation sites (tertiary alicyclic amines) is 1. The molecule has 4 rings (SSSR count). The molecule has 7 nitrogen and oxygen atoms in total. The zero-order chi connectivity index (χ0) is 18.1. The van der Waals surface area contributed by atoms with Crippen molar-refractivity contribution in [2.75, 3.05) is 13.1 Å². The van der Waals surface area contributed by atoms with E-state index in [0.29, 0.717) is 12.8 Å². The third kappa shape index (κ3) is 3.12. The smallest absolute Gasteiger partial charge is 0.322 e. The van der Waals surface area contributed by atoms with Crippen LogP contribution in [-0.2, 0) is 9.59 Å². The highest BCUT2D eigenvalue weighted by Gasteiger charge is 2.52. The van der Waals surface area contributed by atoms with E-state index in [9.17, 15) is 14.4 Å². The highest BCUT2D eigenvalue weighted by atomic mass is 32.1. The van der Waals surface area contributed by atoms with Crippen molar-refractivity contribution >= 4 is 29.2 Å². The van der Waals surface area contributed by atoms with Crippen LogP contribution in [-0.4, -0.2) is 46.4 Å². The zero-order valence-electron chi connectivity index (χ0n) is 14.7. The van der Waals surface area contributed by atoms with E-state index >= 15 is 0 Å². The lowest BCUT2D eigenvalue weighted by atomic mass is 9.82. The lowest BCUT2D eigenvalue weighted by Gasteiger charge is -2.30. The van der Waals surface area contributed by atoms with E-state index in [1.165, 1.54) is 4.88 Å². The minimum atomic E-state index is -0.810. The Morgan fingerprint density at radius 1 is 1.27 bits per heavy atom. The number of nitrogens with zero attached hydrogens (tertiary/aromatic N) is 2. The normalized spacial score (nSPS) is 25.7. The predicted octanol–water partition coefficient (Wildman–Crippen LogP) is 2.17. The topological polar surface area (TPSA) is 81.8 Å². The molecule has 1 aromatic rings. The van der Waals surface area contributed by atoms with Gasteiger partial charge in [-0.05, 0) is 43.7 Å². The summed E-state index contributed by atoms with van der Waals surface area (Å²) in [6.45, 7) is 1.03. The van der Waals surface area contributed by atoms with Crippen LogP contribution in [0.2, 0.25) is 0 Å². The molecule has 8 heteroatoms. The molecule has 0 bridgehead atoms. The van der Waals surface area contributed by atoms with Gasteiger partial charge < -0.3 is 5.32 Å². The summed E-state index contributed by atoms with van der Waals surface area (Å²) in [5, 5.41) is 5.75. The van der Waals surface area contributed by atoms with Crippen molar-refractivity contribution in [3.05, 3.63) is 22.4 Å². The fourth-order valence-electron chi connectivity index (χ4n) is 4.38. The molecule has 140 valence electrons. The van der Waals surface area contributed by atoms with Crippen molar-refractivity contribution in [1.29, 1.82) is 0 Å². The van der Waals surface area contributed by atoms with Gasteiger partial charge in [-0.15, -0.1) is 11.3 Å². The van der Waals surface area contributed by atoms with Gasteiger partial charge in [0.15, 0.2) is 0 Å². The van der Waals surface area contributed by atoms with E-state index in [2.05, 4.69) is 21.7 Å². The summed E-state index contributed by atoms with van der Waals surface area (Å²) in [7, 11) is 0. The Bertz CT molecular complexity index is 699. The van der Waals surface area contributed by atoms with Gasteiger partial charge in [-0.1, -0.05) is 25.3 Å². The fourth-order valence-corrected chi connectivity index (χ4v) is 5.27. The van der Waals surface area contributed by atoms with Gasteiger partial charge in [-0.3, -0.25) is 19.9 Å². The number of rotatable bonds is 4. The fraction of sp³-hybridized carbons (Fsp3) is 0.611. The zero-order valence-corrected chi connectivity index (χ0v) is 15.5. The Morgan fingerprint density at radius 3 is 2.81 bits per heavy atom. The van der Waals surface area contributed by atoms with Gasteiger partial charge in [-0.2, -0.15) is 5.01 Å². The highest BCUT2D eigenvalue weighted by Crippen LogP contribution is 2.35. The second-order valence-electron chi connectivity index (χ2n) is 7.39. The highest BCUT2D eigenvalue weighted by molar-refractivity contribution is 7.10. The number of thiophene rings is 1. The van der Waals surface area contributed by atoms with Crippen molar-refractivity contribution in [3.63, 3.8) is 0 Å². The lowest BCUT2D eigenvalue weighted by Crippen LogP contribution is -2.52. The molecule has 0 aromatic carbocycles. The van der Waals surface area contributed by atoms with E-state index in [1.807, 2.05) is 11.4 Å². The largest absolute Gasteiger partial charge is 0.344 e. The van der Waals surface area contributed by atoms with Crippen LogP contribution in [0.4, 0.5) is 4.79 Å². The van der Waals surface area contributed by atoms with Crippen LogP contribution in [0.3, 0.4) is 0 Å². The van der Waals surface area contributed by atoms with Crippen molar-refractivity contribution in [3.8, 4) is 0 Å². The summed E-state index contributed by atoms with van der Waals surface area (Å²) >= 11 is 1.70. The number of carbonyl (C=O) groups excluding carboxylic acids is 3. The first kappa shape index (κ1) is 17.5. The molecule has 1 aliphatic carbocycles. The number of amides is 4. The number of imide groups is 1. The summed E-state index contributed by atoms with van der Waals surface area (Å²) < 4.78 is 0. The molecule has 2 aliphatic heterocycles. The standard InChI is InChI=1S/C18H24N4O3S/c23-15(12-21-10-4-6-13(21)14-7-5-11-26-14)20-22-16(24)18(19-17(22)25)8-2-1-3-9-18/h5,7,11,13H,1-4,6,8-10,12H2,(H,19,25)(H,20,23). The molecular formula is C18H24N4O3S. The van der Waals surface area contributed by atoms with E-state index in [0.717, 1.165) is 43.7 Å². The number of urea groups is 1. The van der Waals surface area contributed by atoms with Crippen LogP contribution in [0.15, 0.2) is 17.5 Å². The van der Waals surface area contributed by atoms with Crippen molar-refractivity contribution in [2.45, 2.75) is 56.5 Å². The molecule has 3 fully saturated rings. The van der Waals surface area contributed by atoms with Crippen LogP contribution >= 0.6 is 11.3 Å². The summed E-state index contributed by atoms with van der Waals surface area (Å²) in [5.74, 6) is -0.628. The van der Waals surface area contributed by atoms with E-state index in [1.54, 1.807) is 11.3 Å². The van der Waals surface area contributed by atoms with Crippen LogP contribution < -0.4 is 10.7 Å². The maximum absolute atomic E-state index is 12.7. The van der Waals surface area contributed by atoms with Gasteiger partial charge in [-0.25, -0.2) is 4.79 Å². The number of nitrogens with one attached hydrogen (secondary N) is 2. The summed E-state index contributed by atoms with van der Waals surface area (Å²) in [4.78, 5) is 40.9. The molecule has 4 amide bonds. The minimum Gasteiger partial charge on any atom is -0.322 e. The van der Waals surface area contributed by atoms with E-state index < -0.39 is 11.6 Å². The van der Waals surface area contributed by atoms with E-state index in [-0.39, 0.29) is 24.4 Å². The first-order chi connectivity index (χ1) is 12.6. The Morgan fingerprint density at radius 2 is 2.08 bits per heavy atom. The number of carbonyl (C=O) groups is 3. The molecule has 1 saturated carbocycles. The van der Waals surface area contributed by atoms with Gasteiger partial charge in [0.25, 0.3) is 11.8 Å². The molecule has 0 radical (unpaired) electrons. The Kier molecular flexibility index (Phi) is 4.71. The monoisotopic (exact) mass is 376 g/mol. The average molecular weight is 376 g/mol. The summed E-state index contributed by atoms with van der Waals surface area (Å²) in [5.41, 5.74) is 1.73. The lowest BCUT2D eigenvalue weighted by molar-refractivity contribution is -0.140. The number of hydrogen-bond donors (Lipinski definition) is 2. The second-order valence-corrected chi connectivity index (χ2v) is 8.37. The minimum absolute atomic E-state index is 0.187. The quantitative estimate of drug-likeness (QED) is 0.789. The first-order valence-electron chi connectivity index (χ1n) is 9.33. The molecule has 1 atom stereocenters. The second kappa shape index (κ2) is 7.00. The van der Waals surface area contributed by atoms with Crippen LogP contribution in [0.1, 0.15) is 55.9 Å². The average Bonchev–Trinajstić information content (AvgIpc) is 3.34. The van der Waals surface area contributed by atoms with Gasteiger partial charge in [0.05, 0.1) is 6.54 Å². The van der Waals surface area contributed by atoms with Gasteiger partial charge in [0.1, 0.15) is 5.54 Å². The molecule has 1 aromatic heterocycles. The predicted molar refractivity (Wildman–Crippen MR) is 97.2 cm³/mol. The molecule has 1 spiro atoms. The Balaban J connectivity index is 1.39. The number of hydrazine groups is 1. The third-order valence-electron chi connectivity index (χ3n) is 5.69. The molecule has 3 heterocycles. The van der Waals surface area contributed by atoms with E-state index in [4.69, 9.17) is 0 Å². The first-order valence-corrected chi connectivity index (χ1v) is 10.2. The number of hydrogen-bond acceptors (Lipinski definition) is 5. The van der Waals surface area contributed by atoms with Crippen molar-refractivity contribution in [1.82, 2.24) is 20.7 Å². The summed E-state index contributed by atoms with van der Waals surface area (Å²) in [6.07, 6.45) is 6.29. The molecule has 26 heavy (non-hydrogen) atoms. The molecular weight excluding hydrogens is 352 g/mol. The maximum Gasteiger partial charge on any atom is 0.344 e. The molecule has 2 saturated heterocycles. The van der Waals surface area contributed by atoms with Crippen molar-refractivity contribution in [2.24, 2.45) is 0 Å². The third-order valence-corrected chi connectivity index (χ3v) is 6.66. The SMILES string of the molecule is O=C(CN1CCCC1c1cccs1)NN1C(=O)NC2(CCCCC2)C1=O. The molecule has 3 aliphatic rings. The maximum atomic E-state index is 12.7. The molecule has 1 unspecified atom stereocenters. The Labute approximate surface area is 156 Å². The van der Waals surface area contributed by atoms with Crippen LogP contribution in [0, 0.1) is 0 Å². The molecule has 2 N–H and O–H groups in total. The van der Waals surface area contributed by atoms with Gasteiger partial charge >= 0.3 is 6.03 Å². The van der Waals surface area contributed by atoms with Crippen molar-refractivity contribution < 1.29 is 14.4 Å². The van der Waals surface area contributed by atoms with Gasteiger partial charge in [0.2, 0.25) is 0 Å². The Hall–Kier alpha value is -1.93. The van der Waals surface area contributed by atoms with Crippen LogP contribution in [0.25, 0.3) is 0 Å². The van der Waals surface area contributed by atoms with Gasteiger partial charge in [0, 0.05) is 10.9 Å². The van der Waals surface area contributed by atoms with Crippen LogP contribution in [0.5, 0.6) is 0 Å².